The Morgan fingerprint density at radius 1 is 0.944 bits per heavy atom. The van der Waals surface area contributed by atoms with E-state index in [1.54, 1.807) is 0 Å². The van der Waals surface area contributed by atoms with E-state index in [1.165, 1.54) is 5.57 Å². The first kappa shape index (κ1) is 26.4. The van der Waals surface area contributed by atoms with E-state index in [2.05, 4.69) is 47.6 Å². The number of hydrogen-bond donors (Lipinski definition) is 2. The van der Waals surface area contributed by atoms with Crippen molar-refractivity contribution in [2.45, 2.75) is 125 Å². The highest BCUT2D eigenvalue weighted by Gasteiger charge is 2.71. The molecule has 5 aliphatic rings. The van der Waals surface area contributed by atoms with Gasteiger partial charge in [0, 0.05) is 5.92 Å². The highest BCUT2D eigenvalue weighted by molar-refractivity contribution is 5.95. The third-order valence-corrected chi connectivity index (χ3v) is 13.8. The molecule has 0 aliphatic heterocycles. The van der Waals surface area contributed by atoms with Crippen LogP contribution in [0.25, 0.3) is 0 Å². The van der Waals surface area contributed by atoms with Gasteiger partial charge in [-0.3, -0.25) is 9.59 Å². The first-order valence-electron chi connectivity index (χ1n) is 14.8. The van der Waals surface area contributed by atoms with Crippen LogP contribution < -0.4 is 0 Å². The van der Waals surface area contributed by atoms with Crippen LogP contribution in [0.1, 0.15) is 119 Å². The van der Waals surface area contributed by atoms with Gasteiger partial charge in [-0.1, -0.05) is 54.0 Å². The van der Waals surface area contributed by atoms with Crippen molar-refractivity contribution >= 4 is 11.8 Å². The van der Waals surface area contributed by atoms with E-state index in [1.807, 2.05) is 6.92 Å². The lowest BCUT2D eigenvalue weighted by atomic mass is 9.32. The fourth-order valence-electron chi connectivity index (χ4n) is 11.3. The summed E-state index contributed by atoms with van der Waals surface area (Å²) in [6.45, 7) is 16.0. The number of carbonyl (C=O) groups excluding carboxylic acids is 1. The number of hydrogen-bond acceptors (Lipinski definition) is 3. The van der Waals surface area contributed by atoms with Crippen molar-refractivity contribution < 1.29 is 19.8 Å². The summed E-state index contributed by atoms with van der Waals surface area (Å²) >= 11 is 0. The smallest absolute Gasteiger partial charge is 0.309 e. The second-order valence-corrected chi connectivity index (χ2v) is 15.1. The molecule has 0 aromatic carbocycles. The van der Waals surface area contributed by atoms with Gasteiger partial charge in [-0.15, -0.1) is 0 Å². The van der Waals surface area contributed by atoms with Crippen molar-refractivity contribution in [1.29, 1.82) is 0 Å². The number of aliphatic carboxylic acids is 1. The molecule has 36 heavy (non-hydrogen) atoms. The lowest BCUT2D eigenvalue weighted by Crippen LogP contribution is -2.67. The van der Waals surface area contributed by atoms with Crippen molar-refractivity contribution in [3.05, 3.63) is 11.6 Å². The Hall–Kier alpha value is -1.16. The van der Waals surface area contributed by atoms with E-state index in [4.69, 9.17) is 0 Å². The van der Waals surface area contributed by atoms with Crippen LogP contribution in [0.15, 0.2) is 11.6 Å². The largest absolute Gasteiger partial charge is 0.481 e. The molecule has 4 saturated carbocycles. The Morgan fingerprint density at radius 2 is 1.61 bits per heavy atom. The van der Waals surface area contributed by atoms with Gasteiger partial charge in [-0.2, -0.15) is 0 Å². The normalized spacial score (nSPS) is 51.8. The first-order chi connectivity index (χ1) is 16.7. The summed E-state index contributed by atoms with van der Waals surface area (Å²) in [7, 11) is 0. The molecule has 202 valence electrons. The minimum Gasteiger partial charge on any atom is -0.481 e. The van der Waals surface area contributed by atoms with Gasteiger partial charge >= 0.3 is 5.97 Å². The van der Waals surface area contributed by atoms with E-state index >= 15 is 0 Å². The van der Waals surface area contributed by atoms with Gasteiger partial charge in [0.15, 0.2) is 5.78 Å². The van der Waals surface area contributed by atoms with Crippen LogP contribution in [0.2, 0.25) is 0 Å². The summed E-state index contributed by atoms with van der Waals surface area (Å²) in [4.78, 5) is 26.9. The van der Waals surface area contributed by atoms with Crippen LogP contribution >= 0.6 is 0 Å². The predicted octanol–water partition coefficient (Wildman–Crippen LogP) is 7.19. The monoisotopic (exact) mass is 498 g/mol. The lowest BCUT2D eigenvalue weighted by molar-refractivity contribution is -0.205. The molecule has 2 N–H and O–H groups in total. The Labute approximate surface area is 218 Å². The standard InChI is InChI=1S/C32H50O4/c1-8-31(26(35)36)16-14-28(5)15-17-32(9-2)20(21(28)19-31)18-22(33)25-29(6)12-11-24(34)27(3,4)23(29)10-13-30(25,32)7/h18,21,23-25,34H,8-17,19H2,1-7H3,(H,35,36)/t21-,23?,24-,25?,28+,29-,30+,31-,32?/m0/s1. The van der Waals surface area contributed by atoms with Crippen LogP contribution in [0.5, 0.6) is 0 Å². The topological polar surface area (TPSA) is 74.6 Å². The summed E-state index contributed by atoms with van der Waals surface area (Å²) < 4.78 is 0. The average molecular weight is 499 g/mol. The maximum Gasteiger partial charge on any atom is 0.309 e. The third-order valence-electron chi connectivity index (χ3n) is 13.8. The number of fused-ring (bicyclic) bond motifs is 7. The number of aliphatic hydroxyl groups is 1. The zero-order valence-electron chi connectivity index (χ0n) is 23.9. The van der Waals surface area contributed by atoms with Gasteiger partial charge in [0.25, 0.3) is 0 Å². The van der Waals surface area contributed by atoms with Crippen LogP contribution in [0, 0.1) is 50.2 Å². The third kappa shape index (κ3) is 3.03. The highest BCUT2D eigenvalue weighted by atomic mass is 16.4. The summed E-state index contributed by atoms with van der Waals surface area (Å²) in [5.74, 6) is 0.129. The number of allylic oxidation sites excluding steroid dienone is 2. The fraction of sp³-hybridized carbons (Fsp3) is 0.875. The van der Waals surface area contributed by atoms with Gasteiger partial charge < -0.3 is 10.2 Å². The molecule has 5 rings (SSSR count). The molecule has 5 aliphatic carbocycles. The van der Waals surface area contributed by atoms with Gasteiger partial charge in [-0.25, -0.2) is 0 Å². The number of carboxylic acids is 1. The maximum atomic E-state index is 14.4. The summed E-state index contributed by atoms with van der Waals surface area (Å²) in [5.41, 5.74) is 0.268. The molecule has 0 spiro atoms. The van der Waals surface area contributed by atoms with Crippen LogP contribution in [0.4, 0.5) is 0 Å². The van der Waals surface area contributed by atoms with Gasteiger partial charge in [-0.05, 0) is 116 Å². The SMILES string of the molecule is CCC12CC[C@@]3(C)CC[C@](CC)(C(=O)O)C[C@H]3C1=CC(=O)C1[C@@]3(C)CC[C@H](O)C(C)(C)C3CC[C@]12C. The molecule has 0 heterocycles. The minimum atomic E-state index is -0.671. The molecule has 0 bridgehead atoms. The zero-order chi connectivity index (χ0) is 26.5. The summed E-state index contributed by atoms with van der Waals surface area (Å²) in [6, 6.07) is 0. The Balaban J connectivity index is 1.65. The van der Waals surface area contributed by atoms with Crippen molar-refractivity contribution in [2.75, 3.05) is 0 Å². The quantitative estimate of drug-likeness (QED) is 0.432. The molecule has 0 aromatic rings. The Bertz CT molecular complexity index is 996. The van der Waals surface area contributed by atoms with Gasteiger partial charge in [0.2, 0.25) is 0 Å². The number of aliphatic hydroxyl groups excluding tert-OH is 1. The Morgan fingerprint density at radius 3 is 2.22 bits per heavy atom. The van der Waals surface area contributed by atoms with E-state index < -0.39 is 11.4 Å². The molecule has 4 fully saturated rings. The molecule has 4 nitrogen and oxygen atoms in total. The summed E-state index contributed by atoms with van der Waals surface area (Å²) in [6.07, 6.45) is 11.8. The van der Waals surface area contributed by atoms with E-state index in [9.17, 15) is 19.8 Å². The number of carboxylic acid groups (broad SMARTS) is 1. The number of carbonyl (C=O) groups is 2. The summed E-state index contributed by atoms with van der Waals surface area (Å²) in [5, 5.41) is 21.2. The van der Waals surface area contributed by atoms with Crippen LogP contribution in [-0.4, -0.2) is 28.1 Å². The van der Waals surface area contributed by atoms with Crippen molar-refractivity contribution in [1.82, 2.24) is 0 Å². The first-order valence-corrected chi connectivity index (χ1v) is 14.8. The van der Waals surface area contributed by atoms with Gasteiger partial charge in [0.05, 0.1) is 11.5 Å². The second kappa shape index (κ2) is 7.93. The molecule has 3 unspecified atom stereocenters. The zero-order valence-corrected chi connectivity index (χ0v) is 23.9. The molecule has 4 heteroatoms. The second-order valence-electron chi connectivity index (χ2n) is 15.1. The predicted molar refractivity (Wildman–Crippen MR) is 142 cm³/mol. The van der Waals surface area contributed by atoms with Crippen molar-refractivity contribution in [3.63, 3.8) is 0 Å². The van der Waals surface area contributed by atoms with Crippen LogP contribution in [0.3, 0.4) is 0 Å². The Kier molecular flexibility index (Phi) is 5.83. The lowest BCUT2D eigenvalue weighted by Gasteiger charge is -2.71. The highest BCUT2D eigenvalue weighted by Crippen LogP contribution is 2.76. The van der Waals surface area contributed by atoms with E-state index in [0.717, 1.165) is 57.8 Å². The minimum absolute atomic E-state index is 0.0254. The fourth-order valence-corrected chi connectivity index (χ4v) is 11.3. The number of rotatable bonds is 3. The molecule has 9 atom stereocenters. The molecular weight excluding hydrogens is 448 g/mol. The number of ketones is 1. The van der Waals surface area contributed by atoms with Gasteiger partial charge in [0.1, 0.15) is 0 Å². The van der Waals surface area contributed by atoms with E-state index in [0.29, 0.717) is 24.5 Å². The molecule has 0 saturated heterocycles. The van der Waals surface area contributed by atoms with Crippen LogP contribution in [-0.2, 0) is 9.59 Å². The molecular formula is C32H50O4. The maximum absolute atomic E-state index is 14.4. The van der Waals surface area contributed by atoms with Crippen molar-refractivity contribution in [2.24, 2.45) is 50.2 Å². The molecule has 0 amide bonds. The molecule has 0 aromatic heterocycles. The molecule has 0 radical (unpaired) electrons. The van der Waals surface area contributed by atoms with Crippen molar-refractivity contribution in [3.8, 4) is 0 Å². The van der Waals surface area contributed by atoms with E-state index in [-0.39, 0.29) is 45.0 Å². The average Bonchev–Trinajstić information content (AvgIpc) is 2.81.